The zero-order valence-electron chi connectivity index (χ0n) is 9.19. The predicted molar refractivity (Wildman–Crippen MR) is 73.8 cm³/mol. The second-order valence-corrected chi connectivity index (χ2v) is 5.31. The third-order valence-corrected chi connectivity index (χ3v) is 3.59. The maximum absolute atomic E-state index is 11.5. The quantitative estimate of drug-likeness (QED) is 0.637. The molecule has 3 nitrogen and oxygen atoms in total. The van der Waals surface area contributed by atoms with Crippen LogP contribution in [-0.2, 0) is 11.2 Å². The van der Waals surface area contributed by atoms with E-state index in [-0.39, 0.29) is 11.7 Å². The number of carbonyl (C=O) groups excluding carboxylic acids is 1. The predicted octanol–water partition coefficient (Wildman–Crippen LogP) is 2.44. The molecule has 1 aliphatic heterocycles. The highest BCUT2D eigenvalue weighted by Crippen LogP contribution is 2.27. The van der Waals surface area contributed by atoms with Crippen molar-refractivity contribution >= 4 is 40.3 Å². The Kier molecular flexibility index (Phi) is 3.49. The number of phenols is 1. The van der Waals surface area contributed by atoms with Crippen LogP contribution >= 0.6 is 24.0 Å². The van der Waals surface area contributed by atoms with Crippen LogP contribution in [0.4, 0.5) is 0 Å². The third kappa shape index (κ3) is 2.68. The third-order valence-electron chi connectivity index (χ3n) is 2.42. The number of aromatic hydroxyl groups is 1. The van der Waals surface area contributed by atoms with E-state index in [0.717, 1.165) is 17.5 Å². The normalized spacial score (nSPS) is 17.6. The molecule has 2 N–H and O–H groups in total. The van der Waals surface area contributed by atoms with Crippen LogP contribution in [0.2, 0.25) is 0 Å². The van der Waals surface area contributed by atoms with Gasteiger partial charge in [0.25, 0.3) is 5.91 Å². The largest absolute Gasteiger partial charge is 0.508 e. The highest BCUT2D eigenvalue weighted by atomic mass is 32.2. The van der Waals surface area contributed by atoms with Gasteiger partial charge in [-0.05, 0) is 35.8 Å². The molecule has 1 aromatic carbocycles. The van der Waals surface area contributed by atoms with Crippen LogP contribution in [0.1, 0.15) is 18.1 Å². The first kappa shape index (κ1) is 12.1. The molecule has 5 heteroatoms. The van der Waals surface area contributed by atoms with Gasteiger partial charge < -0.3 is 10.4 Å². The van der Waals surface area contributed by atoms with E-state index < -0.39 is 0 Å². The number of nitrogens with one attached hydrogen (secondary N) is 1. The van der Waals surface area contributed by atoms with Gasteiger partial charge in [-0.2, -0.15) is 0 Å². The van der Waals surface area contributed by atoms with Gasteiger partial charge in [0.05, 0.1) is 4.91 Å². The molecule has 0 bridgehead atoms. The van der Waals surface area contributed by atoms with Crippen LogP contribution in [0, 0.1) is 0 Å². The number of thioether (sulfide) groups is 1. The zero-order chi connectivity index (χ0) is 12.4. The number of rotatable bonds is 2. The van der Waals surface area contributed by atoms with E-state index in [9.17, 15) is 9.90 Å². The molecule has 0 aromatic heterocycles. The van der Waals surface area contributed by atoms with E-state index in [1.54, 1.807) is 18.2 Å². The summed E-state index contributed by atoms with van der Waals surface area (Å²) in [6.45, 7) is 1.97. The Morgan fingerprint density at radius 1 is 1.53 bits per heavy atom. The summed E-state index contributed by atoms with van der Waals surface area (Å²) in [6.07, 6.45) is 2.53. The van der Waals surface area contributed by atoms with Gasteiger partial charge in [-0.1, -0.05) is 37.0 Å². The summed E-state index contributed by atoms with van der Waals surface area (Å²) in [6, 6.07) is 5.29. The van der Waals surface area contributed by atoms with Crippen LogP contribution in [0.5, 0.6) is 5.75 Å². The average molecular weight is 265 g/mol. The summed E-state index contributed by atoms with van der Waals surface area (Å²) in [5.41, 5.74) is 1.76. The standard InChI is InChI=1S/C12H11NO2S2/c1-2-8-5-7(3-4-9(8)14)6-10-11(15)13-12(16)17-10/h3-6,14H,2H2,1H3,(H,13,15,16). The SMILES string of the molecule is CCc1cc(C=C2SC(=S)NC2=O)ccc1O. The van der Waals surface area contributed by atoms with E-state index in [2.05, 4.69) is 5.32 Å². The molecular formula is C12H11NO2S2. The Morgan fingerprint density at radius 3 is 2.88 bits per heavy atom. The van der Waals surface area contributed by atoms with Crippen LogP contribution in [0.25, 0.3) is 6.08 Å². The smallest absolute Gasteiger partial charge is 0.263 e. The van der Waals surface area contributed by atoms with E-state index in [4.69, 9.17) is 12.2 Å². The van der Waals surface area contributed by atoms with E-state index in [0.29, 0.717) is 9.23 Å². The second kappa shape index (κ2) is 4.89. The fourth-order valence-corrected chi connectivity index (χ4v) is 2.60. The van der Waals surface area contributed by atoms with Gasteiger partial charge in [0, 0.05) is 0 Å². The van der Waals surface area contributed by atoms with Crippen molar-refractivity contribution in [2.75, 3.05) is 0 Å². The number of thiocarbonyl (C=S) groups is 1. The molecule has 0 spiro atoms. The molecule has 88 valence electrons. The minimum atomic E-state index is -0.161. The summed E-state index contributed by atoms with van der Waals surface area (Å²) < 4.78 is 0.482. The van der Waals surface area contributed by atoms with Gasteiger partial charge in [0.15, 0.2) is 0 Å². The van der Waals surface area contributed by atoms with Gasteiger partial charge in [-0.25, -0.2) is 0 Å². The number of hydrogen-bond acceptors (Lipinski definition) is 4. The summed E-state index contributed by atoms with van der Waals surface area (Å²) in [4.78, 5) is 12.1. The van der Waals surface area contributed by atoms with Gasteiger partial charge in [-0.15, -0.1) is 0 Å². The molecular weight excluding hydrogens is 254 g/mol. The van der Waals surface area contributed by atoms with Crippen molar-refractivity contribution in [1.29, 1.82) is 0 Å². The lowest BCUT2D eigenvalue weighted by atomic mass is 10.1. The highest BCUT2D eigenvalue weighted by Gasteiger charge is 2.21. The molecule has 1 aliphatic rings. The number of aryl methyl sites for hydroxylation is 1. The molecule has 0 atom stereocenters. The van der Waals surface area contributed by atoms with Crippen molar-refractivity contribution in [1.82, 2.24) is 5.32 Å². The number of hydrogen-bond donors (Lipinski definition) is 2. The van der Waals surface area contributed by atoms with Crippen molar-refractivity contribution in [3.63, 3.8) is 0 Å². The maximum atomic E-state index is 11.5. The van der Waals surface area contributed by atoms with Crippen molar-refractivity contribution in [3.05, 3.63) is 34.2 Å². The molecule has 0 saturated carbocycles. The monoisotopic (exact) mass is 265 g/mol. The van der Waals surface area contributed by atoms with Crippen molar-refractivity contribution in [2.45, 2.75) is 13.3 Å². The molecule has 0 radical (unpaired) electrons. The zero-order valence-corrected chi connectivity index (χ0v) is 10.8. The Labute approximate surface area is 109 Å². The fraction of sp³-hybridized carbons (Fsp3) is 0.167. The number of carbonyl (C=O) groups is 1. The molecule has 1 saturated heterocycles. The van der Waals surface area contributed by atoms with Crippen LogP contribution in [0.3, 0.4) is 0 Å². The molecule has 1 amide bonds. The molecule has 1 heterocycles. The van der Waals surface area contributed by atoms with Gasteiger partial charge in [0.2, 0.25) is 0 Å². The number of phenolic OH excluding ortho intramolecular Hbond substituents is 1. The maximum Gasteiger partial charge on any atom is 0.263 e. The Bertz CT molecular complexity index is 523. The first-order valence-corrected chi connectivity index (χ1v) is 6.39. The van der Waals surface area contributed by atoms with Gasteiger partial charge >= 0.3 is 0 Å². The minimum Gasteiger partial charge on any atom is -0.508 e. The van der Waals surface area contributed by atoms with Crippen LogP contribution < -0.4 is 5.32 Å². The number of benzene rings is 1. The van der Waals surface area contributed by atoms with Crippen molar-refractivity contribution in [2.24, 2.45) is 0 Å². The Morgan fingerprint density at radius 2 is 2.29 bits per heavy atom. The summed E-state index contributed by atoms with van der Waals surface area (Å²) >= 11 is 6.16. The highest BCUT2D eigenvalue weighted by molar-refractivity contribution is 8.26. The average Bonchev–Trinajstić information content (AvgIpc) is 2.60. The van der Waals surface area contributed by atoms with Gasteiger partial charge in [-0.3, -0.25) is 4.79 Å². The lowest BCUT2D eigenvalue weighted by molar-refractivity contribution is -0.115. The molecule has 0 unspecified atom stereocenters. The van der Waals surface area contributed by atoms with Gasteiger partial charge in [0.1, 0.15) is 10.1 Å². The number of amides is 1. The summed E-state index contributed by atoms with van der Waals surface area (Å²) in [5, 5.41) is 12.1. The van der Waals surface area contributed by atoms with Crippen molar-refractivity contribution in [3.8, 4) is 5.75 Å². The molecule has 1 fully saturated rings. The van der Waals surface area contributed by atoms with Crippen LogP contribution in [0.15, 0.2) is 23.1 Å². The first-order chi connectivity index (χ1) is 8.10. The second-order valence-electron chi connectivity index (χ2n) is 3.59. The summed E-state index contributed by atoms with van der Waals surface area (Å²) in [7, 11) is 0. The molecule has 1 aromatic rings. The first-order valence-electron chi connectivity index (χ1n) is 5.17. The van der Waals surface area contributed by atoms with E-state index >= 15 is 0 Å². The van der Waals surface area contributed by atoms with E-state index in [1.165, 1.54) is 11.8 Å². The molecule has 17 heavy (non-hydrogen) atoms. The Hall–Kier alpha value is -1.33. The van der Waals surface area contributed by atoms with E-state index in [1.807, 2.05) is 13.0 Å². The summed E-state index contributed by atoms with van der Waals surface area (Å²) in [5.74, 6) is 0.125. The molecule has 0 aliphatic carbocycles. The Balaban J connectivity index is 2.33. The minimum absolute atomic E-state index is 0.161. The topological polar surface area (TPSA) is 49.3 Å². The fourth-order valence-electron chi connectivity index (χ4n) is 1.55. The van der Waals surface area contributed by atoms with Crippen LogP contribution in [-0.4, -0.2) is 15.3 Å². The lowest BCUT2D eigenvalue weighted by Gasteiger charge is -2.03. The lowest BCUT2D eigenvalue weighted by Crippen LogP contribution is -2.17. The van der Waals surface area contributed by atoms with Crippen molar-refractivity contribution < 1.29 is 9.90 Å². The molecule has 2 rings (SSSR count).